The lowest BCUT2D eigenvalue weighted by atomic mass is 10.2. The number of rotatable bonds is 2. The minimum atomic E-state index is 0.597. The summed E-state index contributed by atoms with van der Waals surface area (Å²) < 4.78 is 5.18. The van der Waals surface area contributed by atoms with Crippen LogP contribution in [0.4, 0.5) is 5.69 Å². The molecule has 1 aromatic carbocycles. The molecule has 4 nitrogen and oxygen atoms in total. The standard InChI is InChI=1S/C15H19N3O/c1-12-16-15(19-17-12)13-6-8-14(9-7-13)18-10-4-2-3-5-11-18/h6-9H,2-5,10-11H2,1H3. The molecule has 2 heterocycles. The number of aromatic nitrogens is 2. The molecule has 0 radical (unpaired) electrons. The highest BCUT2D eigenvalue weighted by Gasteiger charge is 2.11. The molecule has 1 aromatic heterocycles. The Morgan fingerprint density at radius 2 is 1.68 bits per heavy atom. The van der Waals surface area contributed by atoms with Gasteiger partial charge in [0.1, 0.15) is 0 Å². The number of hydrogen-bond acceptors (Lipinski definition) is 4. The summed E-state index contributed by atoms with van der Waals surface area (Å²) in [6.45, 7) is 4.16. The SMILES string of the molecule is Cc1noc(-c2ccc(N3CCCCCC3)cc2)n1. The molecule has 0 amide bonds. The normalized spacial score (nSPS) is 16.4. The maximum absolute atomic E-state index is 5.18. The van der Waals surface area contributed by atoms with E-state index in [-0.39, 0.29) is 0 Å². The summed E-state index contributed by atoms with van der Waals surface area (Å²) in [4.78, 5) is 6.71. The van der Waals surface area contributed by atoms with Crippen molar-refractivity contribution in [2.75, 3.05) is 18.0 Å². The highest BCUT2D eigenvalue weighted by molar-refractivity contribution is 5.59. The van der Waals surface area contributed by atoms with E-state index >= 15 is 0 Å². The van der Waals surface area contributed by atoms with E-state index in [1.54, 1.807) is 0 Å². The summed E-state index contributed by atoms with van der Waals surface area (Å²) in [5.74, 6) is 1.27. The highest BCUT2D eigenvalue weighted by atomic mass is 16.5. The number of aryl methyl sites for hydroxylation is 1. The Hall–Kier alpha value is -1.84. The summed E-state index contributed by atoms with van der Waals surface area (Å²) in [6, 6.07) is 8.43. The Labute approximate surface area is 113 Å². The van der Waals surface area contributed by atoms with Gasteiger partial charge in [-0.25, -0.2) is 0 Å². The molecule has 0 saturated carbocycles. The van der Waals surface area contributed by atoms with Gasteiger partial charge in [0.25, 0.3) is 5.89 Å². The van der Waals surface area contributed by atoms with E-state index in [0.717, 1.165) is 5.56 Å². The summed E-state index contributed by atoms with van der Waals surface area (Å²) in [5.41, 5.74) is 2.28. The minimum Gasteiger partial charge on any atom is -0.372 e. The van der Waals surface area contributed by atoms with Crippen LogP contribution in [0.25, 0.3) is 11.5 Å². The van der Waals surface area contributed by atoms with E-state index in [1.165, 1.54) is 44.5 Å². The van der Waals surface area contributed by atoms with Crippen LogP contribution < -0.4 is 4.90 Å². The molecular weight excluding hydrogens is 238 g/mol. The monoisotopic (exact) mass is 257 g/mol. The third-order valence-electron chi connectivity index (χ3n) is 3.61. The van der Waals surface area contributed by atoms with Crippen molar-refractivity contribution in [2.45, 2.75) is 32.6 Å². The molecule has 0 bridgehead atoms. The van der Waals surface area contributed by atoms with Gasteiger partial charge in [-0.1, -0.05) is 18.0 Å². The van der Waals surface area contributed by atoms with Crippen LogP contribution in [0.2, 0.25) is 0 Å². The molecule has 1 aliphatic heterocycles. The summed E-state index contributed by atoms with van der Waals surface area (Å²) >= 11 is 0. The summed E-state index contributed by atoms with van der Waals surface area (Å²) in [7, 11) is 0. The Morgan fingerprint density at radius 1 is 1.00 bits per heavy atom. The van der Waals surface area contributed by atoms with Gasteiger partial charge in [0.05, 0.1) is 0 Å². The summed E-state index contributed by atoms with van der Waals surface area (Å²) in [5, 5.41) is 3.82. The van der Waals surface area contributed by atoms with E-state index in [4.69, 9.17) is 4.52 Å². The van der Waals surface area contributed by atoms with Crippen molar-refractivity contribution < 1.29 is 4.52 Å². The molecule has 1 aliphatic rings. The molecule has 3 rings (SSSR count). The average molecular weight is 257 g/mol. The minimum absolute atomic E-state index is 0.597. The maximum atomic E-state index is 5.18. The molecule has 0 spiro atoms. The van der Waals surface area contributed by atoms with Crippen LogP contribution in [0.15, 0.2) is 28.8 Å². The van der Waals surface area contributed by atoms with Crippen molar-refractivity contribution in [3.8, 4) is 11.5 Å². The van der Waals surface area contributed by atoms with E-state index in [1.807, 2.05) is 6.92 Å². The quantitative estimate of drug-likeness (QED) is 0.826. The average Bonchev–Trinajstić information content (AvgIpc) is 2.72. The smallest absolute Gasteiger partial charge is 0.257 e. The van der Waals surface area contributed by atoms with Crippen molar-refractivity contribution in [1.29, 1.82) is 0 Å². The molecule has 2 aromatic rings. The Balaban J connectivity index is 1.78. The zero-order valence-electron chi connectivity index (χ0n) is 11.3. The van der Waals surface area contributed by atoms with E-state index < -0.39 is 0 Å². The lowest BCUT2D eigenvalue weighted by molar-refractivity contribution is 0.425. The molecule has 19 heavy (non-hydrogen) atoms. The fourth-order valence-electron chi connectivity index (χ4n) is 2.56. The van der Waals surface area contributed by atoms with Crippen molar-refractivity contribution in [1.82, 2.24) is 10.1 Å². The lowest BCUT2D eigenvalue weighted by Crippen LogP contribution is -2.23. The first-order chi connectivity index (χ1) is 9.33. The zero-order chi connectivity index (χ0) is 13.1. The van der Waals surface area contributed by atoms with Crippen LogP contribution in [0.1, 0.15) is 31.5 Å². The molecule has 0 N–H and O–H groups in total. The first kappa shape index (κ1) is 12.2. The van der Waals surface area contributed by atoms with Gasteiger partial charge in [-0.2, -0.15) is 4.98 Å². The van der Waals surface area contributed by atoms with Crippen molar-refractivity contribution in [3.63, 3.8) is 0 Å². The first-order valence-corrected chi connectivity index (χ1v) is 6.98. The van der Waals surface area contributed by atoms with Crippen molar-refractivity contribution in [3.05, 3.63) is 30.1 Å². The highest BCUT2D eigenvalue weighted by Crippen LogP contribution is 2.23. The second-order valence-corrected chi connectivity index (χ2v) is 5.09. The molecular formula is C15H19N3O. The largest absolute Gasteiger partial charge is 0.372 e. The van der Waals surface area contributed by atoms with Gasteiger partial charge < -0.3 is 9.42 Å². The van der Waals surface area contributed by atoms with Crippen LogP contribution in [0.3, 0.4) is 0 Å². The van der Waals surface area contributed by atoms with Gasteiger partial charge in [-0.15, -0.1) is 0 Å². The maximum Gasteiger partial charge on any atom is 0.257 e. The number of benzene rings is 1. The Bertz CT molecular complexity index is 525. The molecule has 4 heteroatoms. The molecule has 0 unspecified atom stereocenters. The first-order valence-electron chi connectivity index (χ1n) is 6.98. The van der Waals surface area contributed by atoms with E-state index in [0.29, 0.717) is 11.7 Å². The van der Waals surface area contributed by atoms with Gasteiger partial charge in [0, 0.05) is 24.3 Å². The lowest BCUT2D eigenvalue weighted by Gasteiger charge is -2.22. The van der Waals surface area contributed by atoms with Crippen LogP contribution in [-0.4, -0.2) is 23.2 Å². The zero-order valence-corrected chi connectivity index (χ0v) is 11.3. The number of nitrogens with zero attached hydrogens (tertiary/aromatic N) is 3. The van der Waals surface area contributed by atoms with Gasteiger partial charge in [-0.05, 0) is 44.0 Å². The summed E-state index contributed by atoms with van der Waals surface area (Å²) in [6.07, 6.45) is 5.31. The predicted molar refractivity (Wildman–Crippen MR) is 75.2 cm³/mol. The van der Waals surface area contributed by atoms with E-state index in [9.17, 15) is 0 Å². The fourth-order valence-corrected chi connectivity index (χ4v) is 2.56. The predicted octanol–water partition coefficient (Wildman–Crippen LogP) is 3.43. The van der Waals surface area contributed by atoms with Gasteiger partial charge in [0.2, 0.25) is 0 Å². The third-order valence-corrected chi connectivity index (χ3v) is 3.61. The Morgan fingerprint density at radius 3 is 2.26 bits per heavy atom. The molecule has 100 valence electrons. The van der Waals surface area contributed by atoms with Crippen LogP contribution in [0.5, 0.6) is 0 Å². The number of hydrogen-bond donors (Lipinski definition) is 0. The third kappa shape index (κ3) is 2.78. The second kappa shape index (κ2) is 5.43. The van der Waals surface area contributed by atoms with Crippen LogP contribution in [0, 0.1) is 6.92 Å². The van der Waals surface area contributed by atoms with E-state index in [2.05, 4.69) is 39.3 Å². The van der Waals surface area contributed by atoms with Gasteiger partial charge >= 0.3 is 0 Å². The topological polar surface area (TPSA) is 42.2 Å². The molecule has 1 fully saturated rings. The molecule has 0 aliphatic carbocycles. The second-order valence-electron chi connectivity index (χ2n) is 5.09. The Kier molecular flexibility index (Phi) is 3.49. The van der Waals surface area contributed by atoms with Crippen molar-refractivity contribution in [2.24, 2.45) is 0 Å². The van der Waals surface area contributed by atoms with Gasteiger partial charge in [0.15, 0.2) is 5.82 Å². The molecule has 1 saturated heterocycles. The fraction of sp³-hybridized carbons (Fsp3) is 0.467. The van der Waals surface area contributed by atoms with Crippen molar-refractivity contribution >= 4 is 5.69 Å². The van der Waals surface area contributed by atoms with Crippen LogP contribution >= 0.6 is 0 Å². The van der Waals surface area contributed by atoms with Crippen LogP contribution in [-0.2, 0) is 0 Å². The number of anilines is 1. The molecule has 0 atom stereocenters. The van der Waals surface area contributed by atoms with Gasteiger partial charge in [-0.3, -0.25) is 0 Å².